The van der Waals surface area contributed by atoms with Crippen molar-refractivity contribution in [3.63, 3.8) is 0 Å². The molecule has 1 aromatic carbocycles. The van der Waals surface area contributed by atoms with Gasteiger partial charge in [-0.15, -0.1) is 0 Å². The van der Waals surface area contributed by atoms with Crippen molar-refractivity contribution in [2.75, 3.05) is 13.1 Å². The third kappa shape index (κ3) is 3.81. The Morgan fingerprint density at radius 2 is 2.13 bits per heavy atom. The molecule has 3 rings (SSSR count). The zero-order valence-electron chi connectivity index (χ0n) is 14.0. The van der Waals surface area contributed by atoms with E-state index < -0.39 is 0 Å². The molecule has 122 valence electrons. The van der Waals surface area contributed by atoms with Crippen LogP contribution in [0.4, 0.5) is 0 Å². The molecule has 2 aromatic rings. The number of amides is 1. The number of hydrogen-bond donors (Lipinski definition) is 0. The molecule has 0 aliphatic carbocycles. The molecule has 4 nitrogen and oxygen atoms in total. The van der Waals surface area contributed by atoms with Crippen molar-refractivity contribution >= 4 is 5.91 Å². The molecule has 0 radical (unpaired) electrons. The summed E-state index contributed by atoms with van der Waals surface area (Å²) in [6, 6.07) is 8.59. The van der Waals surface area contributed by atoms with Crippen LogP contribution in [0.3, 0.4) is 0 Å². The molecule has 2 atom stereocenters. The Bertz CT molecular complexity index is 633. The second kappa shape index (κ2) is 6.99. The van der Waals surface area contributed by atoms with E-state index >= 15 is 0 Å². The number of imidazole rings is 1. The molecule has 0 saturated carbocycles. The summed E-state index contributed by atoms with van der Waals surface area (Å²) in [5.41, 5.74) is 2.67. The Morgan fingerprint density at radius 3 is 2.83 bits per heavy atom. The second-order valence-electron chi connectivity index (χ2n) is 6.67. The van der Waals surface area contributed by atoms with Crippen molar-refractivity contribution in [2.24, 2.45) is 5.92 Å². The van der Waals surface area contributed by atoms with Gasteiger partial charge < -0.3 is 9.47 Å². The van der Waals surface area contributed by atoms with Gasteiger partial charge in [-0.2, -0.15) is 0 Å². The first-order valence-electron chi connectivity index (χ1n) is 8.45. The zero-order chi connectivity index (χ0) is 16.2. The van der Waals surface area contributed by atoms with Crippen molar-refractivity contribution in [3.8, 4) is 0 Å². The van der Waals surface area contributed by atoms with Gasteiger partial charge in [0.15, 0.2) is 0 Å². The number of aromatic nitrogens is 2. The predicted molar refractivity (Wildman–Crippen MR) is 91.1 cm³/mol. The van der Waals surface area contributed by atoms with Crippen LogP contribution in [0, 0.1) is 12.8 Å². The van der Waals surface area contributed by atoms with Crippen LogP contribution in [-0.2, 0) is 11.2 Å². The zero-order valence-corrected chi connectivity index (χ0v) is 14.0. The van der Waals surface area contributed by atoms with E-state index in [1.165, 1.54) is 17.5 Å². The minimum absolute atomic E-state index is 0.171. The average molecular weight is 311 g/mol. The summed E-state index contributed by atoms with van der Waals surface area (Å²) in [7, 11) is 0. The topological polar surface area (TPSA) is 38.1 Å². The van der Waals surface area contributed by atoms with Gasteiger partial charge in [0, 0.05) is 25.5 Å². The molecular formula is C19H25N3O. The Labute approximate surface area is 138 Å². The van der Waals surface area contributed by atoms with Gasteiger partial charge in [0.1, 0.15) is 6.04 Å². The van der Waals surface area contributed by atoms with E-state index in [4.69, 9.17) is 0 Å². The average Bonchev–Trinajstić information content (AvgIpc) is 3.10. The number of aryl methyl sites for hydroxylation is 1. The first kappa shape index (κ1) is 15.8. The van der Waals surface area contributed by atoms with Crippen molar-refractivity contribution in [2.45, 2.75) is 39.2 Å². The van der Waals surface area contributed by atoms with E-state index in [9.17, 15) is 4.79 Å². The van der Waals surface area contributed by atoms with Crippen LogP contribution in [0.2, 0.25) is 0 Å². The largest absolute Gasteiger partial charge is 0.341 e. The molecule has 1 aromatic heterocycles. The molecule has 0 bridgehead atoms. The third-order valence-corrected chi connectivity index (χ3v) is 4.81. The van der Waals surface area contributed by atoms with Gasteiger partial charge in [0.05, 0.1) is 6.33 Å². The van der Waals surface area contributed by atoms with E-state index in [0.29, 0.717) is 5.92 Å². The lowest BCUT2D eigenvalue weighted by Crippen LogP contribution is -2.43. The Morgan fingerprint density at radius 1 is 1.35 bits per heavy atom. The summed E-state index contributed by atoms with van der Waals surface area (Å²) in [5, 5.41) is 0. The van der Waals surface area contributed by atoms with E-state index in [1.807, 2.05) is 22.6 Å². The summed E-state index contributed by atoms with van der Waals surface area (Å²) < 4.78 is 1.88. The summed E-state index contributed by atoms with van der Waals surface area (Å²) in [5.74, 6) is 0.766. The molecule has 2 heterocycles. The van der Waals surface area contributed by atoms with E-state index in [2.05, 4.69) is 36.2 Å². The summed E-state index contributed by atoms with van der Waals surface area (Å²) >= 11 is 0. The van der Waals surface area contributed by atoms with Crippen molar-refractivity contribution in [3.05, 3.63) is 54.1 Å². The molecule has 23 heavy (non-hydrogen) atoms. The molecule has 1 fully saturated rings. The Balaban J connectivity index is 1.61. The van der Waals surface area contributed by atoms with Gasteiger partial charge in [0.2, 0.25) is 5.91 Å². The van der Waals surface area contributed by atoms with Crippen LogP contribution < -0.4 is 0 Å². The van der Waals surface area contributed by atoms with Crippen LogP contribution >= 0.6 is 0 Å². The molecule has 1 aliphatic heterocycles. The van der Waals surface area contributed by atoms with E-state index in [-0.39, 0.29) is 11.9 Å². The molecule has 1 aliphatic rings. The highest BCUT2D eigenvalue weighted by atomic mass is 16.2. The van der Waals surface area contributed by atoms with Gasteiger partial charge in [-0.1, -0.05) is 29.8 Å². The maximum Gasteiger partial charge on any atom is 0.245 e. The van der Waals surface area contributed by atoms with Crippen LogP contribution in [0.25, 0.3) is 0 Å². The molecule has 4 heteroatoms. The van der Waals surface area contributed by atoms with Gasteiger partial charge in [-0.05, 0) is 44.6 Å². The van der Waals surface area contributed by atoms with Gasteiger partial charge in [0.25, 0.3) is 0 Å². The number of carbonyl (C=O) groups excluding carboxylic acids is 1. The van der Waals surface area contributed by atoms with Gasteiger partial charge in [-0.25, -0.2) is 4.98 Å². The highest BCUT2D eigenvalue weighted by molar-refractivity contribution is 5.80. The first-order valence-corrected chi connectivity index (χ1v) is 8.45. The number of hydrogen-bond acceptors (Lipinski definition) is 2. The quantitative estimate of drug-likeness (QED) is 0.869. The number of nitrogens with zero attached hydrogens (tertiary/aromatic N) is 3. The van der Waals surface area contributed by atoms with E-state index in [0.717, 1.165) is 25.9 Å². The Hall–Kier alpha value is -2.10. The standard InChI is InChI=1S/C19H25N3O/c1-15-5-7-17(8-6-15)12-18-4-3-10-21(13-18)19(23)16(2)22-11-9-20-14-22/h5-9,11,14,16,18H,3-4,10,12-13H2,1-2H3/t16-,18+/m0/s1. The summed E-state index contributed by atoms with van der Waals surface area (Å²) in [4.78, 5) is 18.8. The monoisotopic (exact) mass is 311 g/mol. The SMILES string of the molecule is Cc1ccc(C[C@H]2CCCN(C(=O)[C@H](C)n3ccnc3)C2)cc1. The van der Waals surface area contributed by atoms with Crippen LogP contribution in [0.5, 0.6) is 0 Å². The van der Waals surface area contributed by atoms with Crippen LogP contribution in [-0.4, -0.2) is 33.4 Å². The minimum atomic E-state index is -0.171. The van der Waals surface area contributed by atoms with Crippen molar-refractivity contribution in [1.29, 1.82) is 0 Å². The lowest BCUT2D eigenvalue weighted by molar-refractivity contribution is -0.136. The summed E-state index contributed by atoms with van der Waals surface area (Å²) in [6.45, 7) is 5.81. The molecule has 1 saturated heterocycles. The summed E-state index contributed by atoms with van der Waals surface area (Å²) in [6.07, 6.45) is 8.66. The number of carbonyl (C=O) groups is 1. The fraction of sp³-hybridized carbons (Fsp3) is 0.474. The molecule has 1 amide bonds. The van der Waals surface area contributed by atoms with Crippen LogP contribution in [0.1, 0.15) is 36.9 Å². The fourth-order valence-electron chi connectivity index (χ4n) is 3.38. The molecular weight excluding hydrogens is 286 g/mol. The van der Waals surface area contributed by atoms with Gasteiger partial charge in [-0.3, -0.25) is 4.79 Å². The lowest BCUT2D eigenvalue weighted by atomic mass is 9.91. The first-order chi connectivity index (χ1) is 11.1. The normalized spacial score (nSPS) is 19.6. The number of likely N-dealkylation sites (tertiary alicyclic amines) is 1. The molecule has 0 N–H and O–H groups in total. The Kier molecular flexibility index (Phi) is 4.79. The van der Waals surface area contributed by atoms with E-state index in [1.54, 1.807) is 12.5 Å². The van der Waals surface area contributed by atoms with Crippen molar-refractivity contribution < 1.29 is 4.79 Å². The highest BCUT2D eigenvalue weighted by Gasteiger charge is 2.27. The minimum Gasteiger partial charge on any atom is -0.341 e. The number of rotatable bonds is 4. The molecule has 0 spiro atoms. The smallest absolute Gasteiger partial charge is 0.245 e. The maximum absolute atomic E-state index is 12.7. The fourth-order valence-corrected chi connectivity index (χ4v) is 3.38. The number of piperidine rings is 1. The second-order valence-corrected chi connectivity index (χ2v) is 6.67. The van der Waals surface area contributed by atoms with Crippen molar-refractivity contribution in [1.82, 2.24) is 14.5 Å². The van der Waals surface area contributed by atoms with Crippen LogP contribution in [0.15, 0.2) is 43.0 Å². The highest BCUT2D eigenvalue weighted by Crippen LogP contribution is 2.23. The van der Waals surface area contributed by atoms with Gasteiger partial charge >= 0.3 is 0 Å². The number of benzene rings is 1. The third-order valence-electron chi connectivity index (χ3n) is 4.81. The predicted octanol–water partition coefficient (Wildman–Crippen LogP) is 3.23. The maximum atomic E-state index is 12.7. The molecule has 0 unspecified atom stereocenters. The lowest BCUT2D eigenvalue weighted by Gasteiger charge is -2.34.